The maximum atomic E-state index is 13.6. The molecule has 0 aliphatic carbocycles. The average molecular weight is 816 g/mol. The van der Waals surface area contributed by atoms with Crippen molar-refractivity contribution in [1.29, 1.82) is 0 Å². The van der Waals surface area contributed by atoms with Gasteiger partial charge in [0, 0.05) is 79.2 Å². The normalized spacial score (nSPS) is 16.8. The van der Waals surface area contributed by atoms with Crippen LogP contribution < -0.4 is 5.32 Å². The second kappa shape index (κ2) is 18.6. The summed E-state index contributed by atoms with van der Waals surface area (Å²) in [5.74, 6) is 13.1. The maximum absolute atomic E-state index is 13.6. The fourth-order valence-corrected chi connectivity index (χ4v) is 8.06. The van der Waals surface area contributed by atoms with Crippen molar-refractivity contribution in [3.05, 3.63) is 160 Å². The molecule has 10 nitrogen and oxygen atoms in total. The summed E-state index contributed by atoms with van der Waals surface area (Å²) in [5, 5.41) is 3.48. The number of benzene rings is 4. The van der Waals surface area contributed by atoms with Gasteiger partial charge in [-0.15, -0.1) is 0 Å². The Morgan fingerprint density at radius 2 is 1.44 bits per heavy atom. The van der Waals surface area contributed by atoms with Gasteiger partial charge in [-0.2, -0.15) is 0 Å². The standard InChI is InChI=1S/C52H45N7O3/c60-49-23-22-46(51(61)56-49)42-10-3-6-40(32-42)8-5-26-58-30-28-57(29-31-58)25-4-7-37-12-14-38(15-13-37)16-17-39-18-20-41(21-19-39)52(62)59-27-24-44-34-54-50(55-48(44)36-59)45-33-43-9-1-2-11-47(43)53-35-45/h1-3,6,9-21,32-35,46H,22-31,36H2,(H,56,60,61)/b17-16+. The lowest BCUT2D eigenvalue weighted by Crippen LogP contribution is -2.46. The molecular formula is C52H45N7O3. The number of imide groups is 1. The molecule has 306 valence electrons. The summed E-state index contributed by atoms with van der Waals surface area (Å²) < 4.78 is 0. The first kappa shape index (κ1) is 40.2. The van der Waals surface area contributed by atoms with Crippen LogP contribution >= 0.6 is 0 Å². The summed E-state index contributed by atoms with van der Waals surface area (Å²) in [5.41, 5.74) is 9.25. The molecule has 6 aromatic rings. The van der Waals surface area contributed by atoms with Gasteiger partial charge in [0.1, 0.15) is 0 Å². The van der Waals surface area contributed by atoms with Gasteiger partial charge in [-0.1, -0.05) is 90.4 Å². The van der Waals surface area contributed by atoms with Crippen LogP contribution in [0, 0.1) is 23.7 Å². The first-order chi connectivity index (χ1) is 30.4. The third-order valence-corrected chi connectivity index (χ3v) is 11.7. The van der Waals surface area contributed by atoms with Gasteiger partial charge in [-0.25, -0.2) is 9.97 Å². The summed E-state index contributed by atoms with van der Waals surface area (Å²) in [7, 11) is 0. The Hall–Kier alpha value is -7.24. The minimum atomic E-state index is -0.302. The van der Waals surface area contributed by atoms with E-state index in [9.17, 15) is 14.4 Å². The number of para-hydroxylation sites is 1. The molecule has 3 amide bonds. The van der Waals surface area contributed by atoms with E-state index in [4.69, 9.17) is 4.98 Å². The molecule has 4 aromatic carbocycles. The number of piperidine rings is 1. The topological polar surface area (TPSA) is 112 Å². The van der Waals surface area contributed by atoms with E-state index in [-0.39, 0.29) is 23.6 Å². The third kappa shape index (κ3) is 9.69. The number of nitrogens with zero attached hydrogens (tertiary/aromatic N) is 6. The second-order valence-electron chi connectivity index (χ2n) is 15.9. The van der Waals surface area contributed by atoms with E-state index >= 15 is 0 Å². The molecule has 1 atom stereocenters. The number of amides is 3. The zero-order valence-corrected chi connectivity index (χ0v) is 34.4. The highest BCUT2D eigenvalue weighted by molar-refractivity contribution is 6.01. The van der Waals surface area contributed by atoms with E-state index < -0.39 is 0 Å². The molecule has 0 bridgehead atoms. The largest absolute Gasteiger partial charge is 0.332 e. The zero-order valence-electron chi connectivity index (χ0n) is 34.4. The van der Waals surface area contributed by atoms with Gasteiger partial charge in [-0.3, -0.25) is 34.5 Å². The number of hydrogen-bond acceptors (Lipinski definition) is 8. The predicted molar refractivity (Wildman–Crippen MR) is 241 cm³/mol. The van der Waals surface area contributed by atoms with Crippen LogP contribution in [0.2, 0.25) is 0 Å². The minimum absolute atomic E-state index is 0.00668. The minimum Gasteiger partial charge on any atom is -0.332 e. The van der Waals surface area contributed by atoms with E-state index in [2.05, 4.69) is 91.3 Å². The van der Waals surface area contributed by atoms with E-state index in [1.807, 2.05) is 83.9 Å². The first-order valence-electron chi connectivity index (χ1n) is 21.1. The summed E-state index contributed by atoms with van der Waals surface area (Å²) in [6, 6.07) is 33.8. The summed E-state index contributed by atoms with van der Waals surface area (Å²) in [4.78, 5) is 58.0. The lowest BCUT2D eigenvalue weighted by Gasteiger charge is -2.32. The van der Waals surface area contributed by atoms with Crippen LogP contribution in [0.5, 0.6) is 0 Å². The Morgan fingerprint density at radius 1 is 0.726 bits per heavy atom. The Morgan fingerprint density at radius 3 is 2.18 bits per heavy atom. The van der Waals surface area contributed by atoms with Crippen LogP contribution in [-0.4, -0.2) is 93.2 Å². The molecule has 3 aliphatic heterocycles. The molecule has 0 radical (unpaired) electrons. The zero-order chi connectivity index (χ0) is 42.3. The molecule has 0 spiro atoms. The van der Waals surface area contributed by atoms with Crippen molar-refractivity contribution in [1.82, 2.24) is 35.0 Å². The molecule has 2 aromatic heterocycles. The molecule has 2 saturated heterocycles. The molecule has 10 heteroatoms. The highest BCUT2D eigenvalue weighted by atomic mass is 16.2. The molecule has 0 saturated carbocycles. The van der Waals surface area contributed by atoms with Crippen LogP contribution in [0.15, 0.2) is 116 Å². The summed E-state index contributed by atoms with van der Waals surface area (Å²) >= 11 is 0. The number of fused-ring (bicyclic) bond motifs is 2. The van der Waals surface area contributed by atoms with Crippen LogP contribution in [0.25, 0.3) is 34.4 Å². The van der Waals surface area contributed by atoms with Crippen molar-refractivity contribution in [2.24, 2.45) is 0 Å². The van der Waals surface area contributed by atoms with Crippen molar-refractivity contribution in [2.45, 2.75) is 31.7 Å². The van der Waals surface area contributed by atoms with Crippen LogP contribution in [0.4, 0.5) is 0 Å². The van der Waals surface area contributed by atoms with Gasteiger partial charge in [0.25, 0.3) is 5.91 Å². The highest BCUT2D eigenvalue weighted by Crippen LogP contribution is 2.26. The number of aromatic nitrogens is 3. The highest BCUT2D eigenvalue weighted by Gasteiger charge is 2.28. The van der Waals surface area contributed by atoms with Crippen LogP contribution in [0.3, 0.4) is 0 Å². The fourth-order valence-electron chi connectivity index (χ4n) is 8.06. The van der Waals surface area contributed by atoms with Crippen LogP contribution in [-0.2, 0) is 22.6 Å². The van der Waals surface area contributed by atoms with E-state index in [0.29, 0.717) is 50.3 Å². The van der Waals surface area contributed by atoms with Gasteiger partial charge in [0.05, 0.1) is 36.8 Å². The Kier molecular flexibility index (Phi) is 12.0. The molecule has 3 aliphatic rings. The molecule has 5 heterocycles. The maximum Gasteiger partial charge on any atom is 0.254 e. The number of hydrogen-bond donors (Lipinski definition) is 1. The smallest absolute Gasteiger partial charge is 0.254 e. The van der Waals surface area contributed by atoms with Crippen LogP contribution in [0.1, 0.15) is 68.2 Å². The summed E-state index contributed by atoms with van der Waals surface area (Å²) in [6.07, 6.45) is 9.43. The third-order valence-electron chi connectivity index (χ3n) is 11.7. The number of piperazine rings is 1. The quantitative estimate of drug-likeness (QED) is 0.109. The number of carbonyl (C=O) groups excluding carboxylic acids is 3. The Labute approximate surface area is 361 Å². The number of rotatable bonds is 7. The van der Waals surface area contributed by atoms with E-state index in [0.717, 1.165) is 88.3 Å². The summed E-state index contributed by atoms with van der Waals surface area (Å²) in [6.45, 7) is 6.22. The SMILES string of the molecule is O=C1CCC(c2cccc(C#CCN3CCN(CC#Cc4ccc(/C=C/c5ccc(C(=O)N6CCc7cnc(-c8cnc9ccccc9c8)nc7C6)cc5)cc4)CC3)c2)C(=O)N1. The predicted octanol–water partition coefficient (Wildman–Crippen LogP) is 6.60. The molecule has 1 N–H and O–H groups in total. The fraction of sp³-hybridized carbons (Fsp3) is 0.231. The Balaban J connectivity index is 0.718. The van der Waals surface area contributed by atoms with Crippen molar-refractivity contribution in [3.8, 4) is 35.1 Å². The van der Waals surface area contributed by atoms with Gasteiger partial charge in [0.15, 0.2) is 5.82 Å². The number of pyridine rings is 1. The Bertz CT molecular complexity index is 2800. The van der Waals surface area contributed by atoms with Gasteiger partial charge < -0.3 is 4.90 Å². The van der Waals surface area contributed by atoms with Gasteiger partial charge >= 0.3 is 0 Å². The van der Waals surface area contributed by atoms with Gasteiger partial charge in [0.2, 0.25) is 11.8 Å². The lowest BCUT2D eigenvalue weighted by molar-refractivity contribution is -0.134. The lowest BCUT2D eigenvalue weighted by atomic mass is 9.90. The average Bonchev–Trinajstić information content (AvgIpc) is 3.31. The van der Waals surface area contributed by atoms with E-state index in [1.165, 1.54) is 0 Å². The molecule has 9 rings (SSSR count). The van der Waals surface area contributed by atoms with Gasteiger partial charge in [-0.05, 0) is 83.6 Å². The molecule has 2 fully saturated rings. The molecule has 62 heavy (non-hydrogen) atoms. The van der Waals surface area contributed by atoms with Crippen molar-refractivity contribution >= 4 is 40.8 Å². The number of nitrogens with one attached hydrogen (secondary N) is 1. The molecule has 1 unspecified atom stereocenters. The number of carbonyl (C=O) groups is 3. The van der Waals surface area contributed by atoms with E-state index in [1.54, 1.807) is 6.20 Å². The van der Waals surface area contributed by atoms with Crippen molar-refractivity contribution in [3.63, 3.8) is 0 Å². The van der Waals surface area contributed by atoms with Crippen molar-refractivity contribution in [2.75, 3.05) is 45.8 Å². The second-order valence-corrected chi connectivity index (χ2v) is 15.9. The van der Waals surface area contributed by atoms with Crippen molar-refractivity contribution < 1.29 is 14.4 Å². The molecular weight excluding hydrogens is 771 g/mol. The first-order valence-corrected chi connectivity index (χ1v) is 21.1. The monoisotopic (exact) mass is 815 g/mol.